The maximum absolute atomic E-state index is 5.09. The van der Waals surface area contributed by atoms with Crippen molar-refractivity contribution in [1.29, 1.82) is 0 Å². The van der Waals surface area contributed by atoms with E-state index in [2.05, 4.69) is 15.0 Å². The van der Waals surface area contributed by atoms with E-state index in [1.165, 1.54) is 12.2 Å². The SMILES string of the molecule is COc1ccc2[nH]c(C3CCSC3)nc2n1. The topological polar surface area (TPSA) is 50.8 Å². The van der Waals surface area contributed by atoms with Crippen LogP contribution in [-0.4, -0.2) is 33.6 Å². The van der Waals surface area contributed by atoms with Crippen LogP contribution >= 0.6 is 11.8 Å². The number of H-pyrrole nitrogens is 1. The third kappa shape index (κ3) is 1.65. The number of aromatic amines is 1. The summed E-state index contributed by atoms with van der Waals surface area (Å²) in [4.78, 5) is 12.2. The predicted molar refractivity (Wildman–Crippen MR) is 65.1 cm³/mol. The standard InChI is InChI=1S/C11H13N3OS/c1-15-9-3-2-8-11(13-9)14-10(12-8)7-4-5-16-6-7/h2-3,7H,4-6H2,1H3,(H,12,13,14). The summed E-state index contributed by atoms with van der Waals surface area (Å²) in [5.41, 5.74) is 1.75. The Morgan fingerprint density at radius 1 is 1.44 bits per heavy atom. The van der Waals surface area contributed by atoms with Gasteiger partial charge >= 0.3 is 0 Å². The quantitative estimate of drug-likeness (QED) is 0.867. The van der Waals surface area contributed by atoms with Crippen molar-refractivity contribution in [2.24, 2.45) is 0 Å². The van der Waals surface area contributed by atoms with E-state index >= 15 is 0 Å². The Hall–Kier alpha value is -1.23. The van der Waals surface area contributed by atoms with Gasteiger partial charge in [-0.15, -0.1) is 0 Å². The minimum absolute atomic E-state index is 0.560. The number of rotatable bonds is 2. The highest BCUT2D eigenvalue weighted by Crippen LogP contribution is 2.31. The molecule has 3 heterocycles. The fourth-order valence-electron chi connectivity index (χ4n) is 1.95. The first-order valence-electron chi connectivity index (χ1n) is 5.35. The molecule has 0 radical (unpaired) electrons. The van der Waals surface area contributed by atoms with Gasteiger partial charge in [0, 0.05) is 17.7 Å². The second-order valence-electron chi connectivity index (χ2n) is 3.91. The monoisotopic (exact) mass is 235 g/mol. The van der Waals surface area contributed by atoms with Crippen molar-refractivity contribution in [3.63, 3.8) is 0 Å². The maximum atomic E-state index is 5.09. The maximum Gasteiger partial charge on any atom is 0.215 e. The van der Waals surface area contributed by atoms with Crippen LogP contribution in [0.25, 0.3) is 11.2 Å². The van der Waals surface area contributed by atoms with Crippen molar-refractivity contribution in [3.05, 3.63) is 18.0 Å². The number of ether oxygens (including phenoxy) is 1. The number of fused-ring (bicyclic) bond motifs is 1. The number of imidazole rings is 1. The lowest BCUT2D eigenvalue weighted by molar-refractivity contribution is 0.399. The molecule has 1 fully saturated rings. The molecule has 1 N–H and O–H groups in total. The Morgan fingerprint density at radius 2 is 2.38 bits per heavy atom. The number of hydrogen-bond donors (Lipinski definition) is 1. The summed E-state index contributed by atoms with van der Waals surface area (Å²) < 4.78 is 5.09. The average molecular weight is 235 g/mol. The zero-order chi connectivity index (χ0) is 11.0. The number of thioether (sulfide) groups is 1. The largest absolute Gasteiger partial charge is 0.481 e. The highest BCUT2D eigenvalue weighted by Gasteiger charge is 2.21. The predicted octanol–water partition coefficient (Wildman–Crippen LogP) is 2.19. The summed E-state index contributed by atoms with van der Waals surface area (Å²) in [6.45, 7) is 0. The van der Waals surface area contributed by atoms with Crippen molar-refractivity contribution in [2.45, 2.75) is 12.3 Å². The molecule has 0 bridgehead atoms. The van der Waals surface area contributed by atoms with Crippen molar-refractivity contribution in [2.75, 3.05) is 18.6 Å². The van der Waals surface area contributed by atoms with E-state index in [1.807, 2.05) is 23.9 Å². The highest BCUT2D eigenvalue weighted by atomic mass is 32.2. The molecule has 0 amide bonds. The zero-order valence-corrected chi connectivity index (χ0v) is 9.88. The van der Waals surface area contributed by atoms with Gasteiger partial charge in [-0.1, -0.05) is 0 Å². The molecule has 1 saturated heterocycles. The van der Waals surface area contributed by atoms with E-state index < -0.39 is 0 Å². The molecule has 0 spiro atoms. The summed E-state index contributed by atoms with van der Waals surface area (Å²) in [6, 6.07) is 3.83. The number of pyridine rings is 1. The van der Waals surface area contributed by atoms with Crippen LogP contribution in [0.2, 0.25) is 0 Å². The first kappa shape index (κ1) is 9.96. The zero-order valence-electron chi connectivity index (χ0n) is 9.06. The van der Waals surface area contributed by atoms with Gasteiger partial charge < -0.3 is 9.72 Å². The van der Waals surface area contributed by atoms with Gasteiger partial charge in [0.2, 0.25) is 5.88 Å². The molecular weight excluding hydrogens is 222 g/mol. The molecule has 4 nitrogen and oxygen atoms in total. The molecule has 2 aromatic rings. The van der Waals surface area contributed by atoms with Gasteiger partial charge in [0.25, 0.3) is 0 Å². The number of nitrogens with one attached hydrogen (secondary N) is 1. The number of methoxy groups -OCH3 is 1. The van der Waals surface area contributed by atoms with Crippen LogP contribution in [-0.2, 0) is 0 Å². The third-order valence-corrected chi connectivity index (χ3v) is 4.03. The molecule has 1 aliphatic rings. The fraction of sp³-hybridized carbons (Fsp3) is 0.455. The van der Waals surface area contributed by atoms with Gasteiger partial charge in [0.15, 0.2) is 5.65 Å². The lowest BCUT2D eigenvalue weighted by atomic mass is 10.1. The van der Waals surface area contributed by atoms with Crippen molar-refractivity contribution >= 4 is 22.9 Å². The Bertz CT molecular complexity index is 505. The van der Waals surface area contributed by atoms with E-state index in [0.29, 0.717) is 11.8 Å². The van der Waals surface area contributed by atoms with Gasteiger partial charge in [-0.05, 0) is 18.2 Å². The first-order valence-corrected chi connectivity index (χ1v) is 6.50. The molecule has 5 heteroatoms. The van der Waals surface area contributed by atoms with Crippen LogP contribution in [0.5, 0.6) is 5.88 Å². The molecule has 1 unspecified atom stereocenters. The Balaban J connectivity index is 2.01. The minimum Gasteiger partial charge on any atom is -0.481 e. The molecule has 0 aromatic carbocycles. The van der Waals surface area contributed by atoms with Crippen LogP contribution in [0.1, 0.15) is 18.2 Å². The normalized spacial score (nSPS) is 20.4. The third-order valence-electron chi connectivity index (χ3n) is 2.86. The molecule has 3 rings (SSSR count). The van der Waals surface area contributed by atoms with Crippen LogP contribution in [0, 0.1) is 0 Å². The summed E-state index contributed by atoms with van der Waals surface area (Å²) in [5.74, 6) is 4.65. The fourth-order valence-corrected chi connectivity index (χ4v) is 3.18. The Labute approximate surface area is 97.8 Å². The summed E-state index contributed by atoms with van der Waals surface area (Å²) in [7, 11) is 1.62. The van der Waals surface area contributed by atoms with E-state index in [0.717, 1.165) is 22.7 Å². The van der Waals surface area contributed by atoms with Gasteiger partial charge in [0.1, 0.15) is 5.82 Å². The van der Waals surface area contributed by atoms with Gasteiger partial charge in [0.05, 0.1) is 12.6 Å². The average Bonchev–Trinajstić information content (AvgIpc) is 2.96. The van der Waals surface area contributed by atoms with Crippen LogP contribution < -0.4 is 4.74 Å². The van der Waals surface area contributed by atoms with Crippen molar-refractivity contribution in [1.82, 2.24) is 15.0 Å². The van der Waals surface area contributed by atoms with E-state index in [1.54, 1.807) is 7.11 Å². The van der Waals surface area contributed by atoms with E-state index in [-0.39, 0.29) is 0 Å². The van der Waals surface area contributed by atoms with Crippen LogP contribution in [0.4, 0.5) is 0 Å². The number of aromatic nitrogens is 3. The van der Waals surface area contributed by atoms with Crippen molar-refractivity contribution in [3.8, 4) is 5.88 Å². The lowest BCUT2D eigenvalue weighted by Gasteiger charge is -2.01. The number of hydrogen-bond acceptors (Lipinski definition) is 4. The Morgan fingerprint density at radius 3 is 3.12 bits per heavy atom. The Kier molecular flexibility index (Phi) is 2.47. The first-order chi connectivity index (χ1) is 7.86. The highest BCUT2D eigenvalue weighted by molar-refractivity contribution is 7.99. The molecular formula is C11H13N3OS. The molecule has 16 heavy (non-hydrogen) atoms. The molecule has 0 saturated carbocycles. The van der Waals surface area contributed by atoms with Crippen LogP contribution in [0.3, 0.4) is 0 Å². The van der Waals surface area contributed by atoms with Gasteiger partial charge in [-0.3, -0.25) is 0 Å². The van der Waals surface area contributed by atoms with E-state index in [4.69, 9.17) is 4.74 Å². The number of nitrogens with zero attached hydrogens (tertiary/aromatic N) is 2. The second-order valence-corrected chi connectivity index (χ2v) is 5.06. The van der Waals surface area contributed by atoms with Crippen molar-refractivity contribution < 1.29 is 4.74 Å². The lowest BCUT2D eigenvalue weighted by Crippen LogP contribution is -1.98. The second kappa shape index (κ2) is 3.97. The summed E-state index contributed by atoms with van der Waals surface area (Å²) in [5, 5.41) is 0. The molecule has 84 valence electrons. The van der Waals surface area contributed by atoms with Crippen LogP contribution in [0.15, 0.2) is 12.1 Å². The summed E-state index contributed by atoms with van der Waals surface area (Å²) >= 11 is 1.99. The molecule has 2 aromatic heterocycles. The smallest absolute Gasteiger partial charge is 0.215 e. The summed E-state index contributed by atoms with van der Waals surface area (Å²) in [6.07, 6.45) is 1.21. The van der Waals surface area contributed by atoms with E-state index in [9.17, 15) is 0 Å². The van der Waals surface area contributed by atoms with Gasteiger partial charge in [-0.25, -0.2) is 4.98 Å². The molecule has 1 aliphatic heterocycles. The molecule has 0 aliphatic carbocycles. The minimum atomic E-state index is 0.560. The molecule has 1 atom stereocenters. The van der Waals surface area contributed by atoms with Gasteiger partial charge in [-0.2, -0.15) is 16.7 Å².